The molecule has 0 aliphatic heterocycles. The number of para-hydroxylation sites is 1. The van der Waals surface area contributed by atoms with Crippen LogP contribution in [-0.2, 0) is 6.42 Å². The van der Waals surface area contributed by atoms with Crippen molar-refractivity contribution in [3.8, 4) is 5.69 Å². The maximum Gasteiger partial charge on any atom is 0.320 e. The SMILES string of the molecule is Cc1noc(C)c1CC(C)NC(=O)Nc1ccn(-c2ccccc2)n1. The highest BCUT2D eigenvalue weighted by atomic mass is 16.5. The van der Waals surface area contributed by atoms with Crippen LogP contribution in [-0.4, -0.2) is 27.0 Å². The highest BCUT2D eigenvalue weighted by Gasteiger charge is 2.15. The molecule has 1 atom stereocenters. The van der Waals surface area contributed by atoms with E-state index in [1.807, 2.05) is 51.1 Å². The van der Waals surface area contributed by atoms with Gasteiger partial charge in [-0.25, -0.2) is 9.48 Å². The van der Waals surface area contributed by atoms with E-state index in [4.69, 9.17) is 4.52 Å². The summed E-state index contributed by atoms with van der Waals surface area (Å²) in [6, 6.07) is 11.1. The van der Waals surface area contributed by atoms with Gasteiger partial charge in [0.1, 0.15) is 5.76 Å². The smallest absolute Gasteiger partial charge is 0.320 e. The van der Waals surface area contributed by atoms with Gasteiger partial charge in [0.25, 0.3) is 0 Å². The van der Waals surface area contributed by atoms with Crippen LogP contribution in [0.3, 0.4) is 0 Å². The second-order valence-electron chi connectivity index (χ2n) is 5.99. The van der Waals surface area contributed by atoms with Crippen LogP contribution in [0.4, 0.5) is 10.6 Å². The largest absolute Gasteiger partial charge is 0.361 e. The standard InChI is InChI=1S/C18H21N5O2/c1-12(11-16-13(2)22-25-14(16)3)19-18(24)20-17-9-10-23(21-17)15-7-5-4-6-8-15/h4-10,12H,11H2,1-3H3,(H2,19,20,21,24). The number of amides is 2. The molecule has 0 aliphatic rings. The van der Waals surface area contributed by atoms with E-state index >= 15 is 0 Å². The third kappa shape index (κ3) is 4.06. The number of hydrogen-bond donors (Lipinski definition) is 2. The van der Waals surface area contributed by atoms with Gasteiger partial charge in [-0.05, 0) is 39.3 Å². The topological polar surface area (TPSA) is 85.0 Å². The van der Waals surface area contributed by atoms with E-state index in [1.54, 1.807) is 16.9 Å². The molecule has 0 fully saturated rings. The first-order chi connectivity index (χ1) is 12.0. The molecule has 3 aromatic rings. The van der Waals surface area contributed by atoms with Gasteiger partial charge >= 0.3 is 6.03 Å². The molecular weight excluding hydrogens is 318 g/mol. The summed E-state index contributed by atoms with van der Waals surface area (Å²) in [5.74, 6) is 1.28. The quantitative estimate of drug-likeness (QED) is 0.747. The Morgan fingerprint density at radius 3 is 2.68 bits per heavy atom. The fourth-order valence-corrected chi connectivity index (χ4v) is 2.64. The fourth-order valence-electron chi connectivity index (χ4n) is 2.64. The third-order valence-electron chi connectivity index (χ3n) is 3.92. The summed E-state index contributed by atoms with van der Waals surface area (Å²) in [4.78, 5) is 12.2. The summed E-state index contributed by atoms with van der Waals surface area (Å²) in [6.45, 7) is 5.71. The molecule has 0 saturated carbocycles. The summed E-state index contributed by atoms with van der Waals surface area (Å²) < 4.78 is 6.86. The Balaban J connectivity index is 1.57. The lowest BCUT2D eigenvalue weighted by atomic mass is 10.1. The Morgan fingerprint density at radius 1 is 1.24 bits per heavy atom. The zero-order valence-electron chi connectivity index (χ0n) is 14.5. The first-order valence-corrected chi connectivity index (χ1v) is 8.13. The molecule has 0 saturated heterocycles. The average Bonchev–Trinajstić information content (AvgIpc) is 3.17. The number of hydrogen-bond acceptors (Lipinski definition) is 4. The summed E-state index contributed by atoms with van der Waals surface area (Å²) in [5.41, 5.74) is 2.82. The van der Waals surface area contributed by atoms with Gasteiger partial charge in [0.2, 0.25) is 0 Å². The molecule has 0 bridgehead atoms. The lowest BCUT2D eigenvalue weighted by molar-refractivity contribution is 0.249. The van der Waals surface area contributed by atoms with Crippen molar-refractivity contribution < 1.29 is 9.32 Å². The Kier molecular flexibility index (Phi) is 4.83. The highest BCUT2D eigenvalue weighted by molar-refractivity contribution is 5.88. The monoisotopic (exact) mass is 339 g/mol. The normalized spacial score (nSPS) is 12.0. The maximum absolute atomic E-state index is 12.2. The Labute approximate surface area is 146 Å². The first-order valence-electron chi connectivity index (χ1n) is 8.13. The van der Waals surface area contributed by atoms with Gasteiger partial charge in [-0.15, -0.1) is 5.10 Å². The van der Waals surface area contributed by atoms with E-state index < -0.39 is 0 Å². The molecule has 130 valence electrons. The predicted octanol–water partition coefficient (Wildman–Crippen LogP) is 3.23. The van der Waals surface area contributed by atoms with Gasteiger partial charge in [0, 0.05) is 23.9 Å². The minimum absolute atomic E-state index is 0.0620. The van der Waals surface area contributed by atoms with Crippen LogP contribution in [0, 0.1) is 13.8 Å². The van der Waals surface area contributed by atoms with Crippen LogP contribution in [0.5, 0.6) is 0 Å². The number of carbonyl (C=O) groups is 1. The van der Waals surface area contributed by atoms with Crippen LogP contribution in [0.2, 0.25) is 0 Å². The number of aryl methyl sites for hydroxylation is 2. The second-order valence-corrected chi connectivity index (χ2v) is 5.99. The molecule has 0 spiro atoms. The predicted molar refractivity (Wildman–Crippen MR) is 94.9 cm³/mol. The number of carbonyl (C=O) groups excluding carboxylic acids is 1. The van der Waals surface area contributed by atoms with Crippen molar-refractivity contribution in [1.29, 1.82) is 0 Å². The van der Waals surface area contributed by atoms with Crippen LogP contribution < -0.4 is 10.6 Å². The van der Waals surface area contributed by atoms with Gasteiger partial charge in [0.05, 0.1) is 11.4 Å². The summed E-state index contributed by atoms with van der Waals surface area (Å²) in [7, 11) is 0. The van der Waals surface area contributed by atoms with Crippen LogP contribution in [0.1, 0.15) is 23.9 Å². The van der Waals surface area contributed by atoms with Gasteiger partial charge in [-0.2, -0.15) is 0 Å². The number of anilines is 1. The van der Waals surface area contributed by atoms with Crippen LogP contribution in [0.25, 0.3) is 5.69 Å². The maximum atomic E-state index is 12.2. The molecule has 0 aliphatic carbocycles. The molecule has 1 aromatic carbocycles. The van der Waals surface area contributed by atoms with Crippen molar-refractivity contribution in [2.75, 3.05) is 5.32 Å². The molecule has 7 heteroatoms. The Bertz CT molecular complexity index is 834. The Hall–Kier alpha value is -3.09. The lowest BCUT2D eigenvalue weighted by Gasteiger charge is -2.13. The minimum atomic E-state index is -0.294. The zero-order chi connectivity index (χ0) is 17.8. The molecule has 2 aromatic heterocycles. The third-order valence-corrected chi connectivity index (χ3v) is 3.92. The number of nitrogens with one attached hydrogen (secondary N) is 2. The van der Waals surface area contributed by atoms with E-state index in [1.165, 1.54) is 0 Å². The molecule has 2 amide bonds. The van der Waals surface area contributed by atoms with E-state index in [2.05, 4.69) is 20.9 Å². The summed E-state index contributed by atoms with van der Waals surface area (Å²) in [6.07, 6.45) is 2.46. The average molecular weight is 339 g/mol. The highest BCUT2D eigenvalue weighted by Crippen LogP contribution is 2.14. The van der Waals surface area contributed by atoms with Crippen molar-refractivity contribution in [3.63, 3.8) is 0 Å². The summed E-state index contributed by atoms with van der Waals surface area (Å²) in [5, 5.41) is 13.9. The molecule has 7 nitrogen and oxygen atoms in total. The molecule has 1 unspecified atom stereocenters. The van der Waals surface area contributed by atoms with Crippen molar-refractivity contribution in [2.24, 2.45) is 0 Å². The van der Waals surface area contributed by atoms with Crippen molar-refractivity contribution in [2.45, 2.75) is 33.2 Å². The zero-order valence-corrected chi connectivity index (χ0v) is 14.5. The van der Waals surface area contributed by atoms with Crippen molar-refractivity contribution in [3.05, 3.63) is 59.6 Å². The van der Waals surface area contributed by atoms with Crippen molar-refractivity contribution in [1.82, 2.24) is 20.3 Å². The van der Waals surface area contributed by atoms with Crippen LogP contribution >= 0.6 is 0 Å². The van der Waals surface area contributed by atoms with Crippen molar-refractivity contribution >= 4 is 11.8 Å². The van der Waals surface area contributed by atoms with E-state index in [-0.39, 0.29) is 12.1 Å². The number of urea groups is 1. The fraction of sp³-hybridized carbons (Fsp3) is 0.278. The number of aromatic nitrogens is 3. The minimum Gasteiger partial charge on any atom is -0.361 e. The molecule has 3 rings (SSSR count). The van der Waals surface area contributed by atoms with Gasteiger partial charge < -0.3 is 9.84 Å². The molecule has 0 radical (unpaired) electrons. The number of benzene rings is 1. The second kappa shape index (κ2) is 7.21. The lowest BCUT2D eigenvalue weighted by Crippen LogP contribution is -2.37. The molecule has 2 N–H and O–H groups in total. The number of rotatable bonds is 5. The Morgan fingerprint density at radius 2 is 2.00 bits per heavy atom. The van der Waals surface area contributed by atoms with Gasteiger partial charge in [-0.3, -0.25) is 5.32 Å². The first kappa shape index (κ1) is 16.8. The van der Waals surface area contributed by atoms with E-state index in [9.17, 15) is 4.79 Å². The van der Waals surface area contributed by atoms with Gasteiger partial charge in [0.15, 0.2) is 5.82 Å². The van der Waals surface area contributed by atoms with Gasteiger partial charge in [-0.1, -0.05) is 23.4 Å². The molecule has 25 heavy (non-hydrogen) atoms. The van der Waals surface area contributed by atoms with E-state index in [0.717, 1.165) is 22.7 Å². The summed E-state index contributed by atoms with van der Waals surface area (Å²) >= 11 is 0. The molecule has 2 heterocycles. The van der Waals surface area contributed by atoms with Crippen LogP contribution in [0.15, 0.2) is 47.1 Å². The van der Waals surface area contributed by atoms with E-state index in [0.29, 0.717) is 12.2 Å². The number of nitrogens with zero attached hydrogens (tertiary/aromatic N) is 3. The molecular formula is C18H21N5O2.